The van der Waals surface area contributed by atoms with Gasteiger partial charge in [0.15, 0.2) is 5.82 Å². The summed E-state index contributed by atoms with van der Waals surface area (Å²) in [6.07, 6.45) is -3.56. The van der Waals surface area contributed by atoms with Crippen LogP contribution >= 0.6 is 15.9 Å². The number of halogens is 5. The first-order valence-electron chi connectivity index (χ1n) is 4.83. The van der Waals surface area contributed by atoms with Gasteiger partial charge >= 0.3 is 6.18 Å². The first-order chi connectivity index (χ1) is 8.25. The maximum Gasteiger partial charge on any atom is 0.420 e. The molecule has 2 rings (SSSR count). The number of benzene rings is 1. The number of alkyl halides is 3. The number of hydrogen-bond donors (Lipinski definition) is 1. The Morgan fingerprint density at radius 1 is 1.33 bits per heavy atom. The number of fused-ring (bicyclic) bond motifs is 1. The second-order valence-corrected chi connectivity index (χ2v) is 4.70. The largest absolute Gasteiger partial charge is 0.420 e. The molecule has 8 heteroatoms. The molecule has 0 aliphatic rings. The molecular weight excluding hydrogens is 318 g/mol. The molecule has 0 amide bonds. The lowest BCUT2D eigenvalue weighted by Gasteiger charge is -2.19. The van der Waals surface area contributed by atoms with Gasteiger partial charge in [0.25, 0.3) is 0 Å². The molecule has 0 aliphatic carbocycles. The highest BCUT2D eigenvalue weighted by atomic mass is 79.9. The highest BCUT2D eigenvalue weighted by Gasteiger charge is 2.39. The lowest BCUT2D eigenvalue weighted by molar-refractivity contribution is -0.140. The lowest BCUT2D eigenvalue weighted by Crippen LogP contribution is -2.17. The van der Waals surface area contributed by atoms with Crippen molar-refractivity contribution in [3.8, 4) is 0 Å². The molecule has 1 heterocycles. The van der Waals surface area contributed by atoms with E-state index in [-0.39, 0.29) is 21.1 Å². The van der Waals surface area contributed by atoms with E-state index in [1.54, 1.807) is 0 Å². The minimum Gasteiger partial charge on any atom is -0.374 e. The molecule has 0 saturated heterocycles. The predicted octanol–water partition coefficient (Wildman–Crippen LogP) is 3.55. The minimum absolute atomic E-state index is 0.168. The summed E-state index contributed by atoms with van der Waals surface area (Å²) in [5.41, 5.74) is -1.27. The van der Waals surface area contributed by atoms with Crippen LogP contribution in [0.3, 0.4) is 0 Å². The first-order valence-corrected chi connectivity index (χ1v) is 5.63. The molecule has 1 aromatic heterocycles. The van der Waals surface area contributed by atoms with Gasteiger partial charge in [0, 0.05) is 24.0 Å². The molecule has 1 aromatic carbocycles. The van der Waals surface area contributed by atoms with Crippen LogP contribution in [0, 0.1) is 5.82 Å². The Kier molecular flexibility index (Phi) is 3.00. The smallest absolute Gasteiger partial charge is 0.374 e. The molecule has 0 fully saturated rings. The van der Waals surface area contributed by atoms with Crippen molar-refractivity contribution in [2.75, 3.05) is 19.0 Å². The standard InChI is InChI=1S/C10H8BrF4N3/c1-18(2)9-7(12)5(10(13,14)15)6(11)4-3-16-17-8(4)9/h3H,1-2H3,(H,16,17). The Labute approximate surface area is 108 Å². The molecule has 3 nitrogen and oxygen atoms in total. The lowest BCUT2D eigenvalue weighted by atomic mass is 10.1. The van der Waals surface area contributed by atoms with Crippen molar-refractivity contribution in [3.05, 3.63) is 22.1 Å². The van der Waals surface area contributed by atoms with Gasteiger partial charge < -0.3 is 4.90 Å². The van der Waals surface area contributed by atoms with Crippen LogP contribution in [0.25, 0.3) is 10.9 Å². The van der Waals surface area contributed by atoms with Crippen LogP contribution in [0.1, 0.15) is 5.56 Å². The number of hydrogen-bond acceptors (Lipinski definition) is 2. The van der Waals surface area contributed by atoms with Crippen molar-refractivity contribution >= 4 is 32.5 Å². The Bertz CT molecular complexity index is 603. The van der Waals surface area contributed by atoms with Crippen LogP contribution < -0.4 is 4.90 Å². The van der Waals surface area contributed by atoms with Crippen LogP contribution in [-0.2, 0) is 6.18 Å². The fraction of sp³-hybridized carbons (Fsp3) is 0.300. The van der Waals surface area contributed by atoms with Crippen molar-refractivity contribution in [2.45, 2.75) is 6.18 Å². The van der Waals surface area contributed by atoms with Crippen molar-refractivity contribution in [3.63, 3.8) is 0 Å². The molecule has 18 heavy (non-hydrogen) atoms. The Hall–Kier alpha value is -1.31. The highest BCUT2D eigenvalue weighted by Crippen LogP contribution is 2.44. The molecule has 0 atom stereocenters. The van der Waals surface area contributed by atoms with E-state index in [1.165, 1.54) is 25.2 Å². The summed E-state index contributed by atoms with van der Waals surface area (Å²) >= 11 is 2.79. The van der Waals surface area contributed by atoms with Crippen molar-refractivity contribution < 1.29 is 17.6 Å². The van der Waals surface area contributed by atoms with Gasteiger partial charge in [0.1, 0.15) is 5.56 Å². The van der Waals surface area contributed by atoms with Crippen molar-refractivity contribution in [1.82, 2.24) is 10.2 Å². The first kappa shape index (κ1) is 13.1. The summed E-state index contributed by atoms with van der Waals surface area (Å²) in [5, 5.41) is 6.34. The summed E-state index contributed by atoms with van der Waals surface area (Å²) in [4.78, 5) is 1.28. The predicted molar refractivity (Wildman–Crippen MR) is 63.1 cm³/mol. The quantitative estimate of drug-likeness (QED) is 0.813. The Balaban J connectivity index is 2.96. The van der Waals surface area contributed by atoms with E-state index < -0.39 is 17.6 Å². The zero-order valence-corrected chi connectivity index (χ0v) is 10.9. The third kappa shape index (κ3) is 1.84. The number of rotatable bonds is 1. The number of nitrogens with one attached hydrogen (secondary N) is 1. The van der Waals surface area contributed by atoms with Crippen molar-refractivity contribution in [2.24, 2.45) is 0 Å². The second-order valence-electron chi connectivity index (χ2n) is 3.90. The van der Waals surface area contributed by atoms with E-state index in [1.807, 2.05) is 0 Å². The van der Waals surface area contributed by atoms with Gasteiger partial charge in [-0.15, -0.1) is 0 Å². The molecule has 98 valence electrons. The van der Waals surface area contributed by atoms with E-state index in [9.17, 15) is 17.6 Å². The molecule has 2 aromatic rings. The van der Waals surface area contributed by atoms with Gasteiger partial charge in [-0.2, -0.15) is 18.3 Å². The van der Waals surface area contributed by atoms with Crippen LogP contribution in [0.4, 0.5) is 23.2 Å². The van der Waals surface area contributed by atoms with E-state index in [0.29, 0.717) is 0 Å². The van der Waals surface area contributed by atoms with Gasteiger partial charge in [-0.05, 0) is 15.9 Å². The number of aromatic nitrogens is 2. The van der Waals surface area contributed by atoms with E-state index in [2.05, 4.69) is 26.1 Å². The summed E-state index contributed by atoms with van der Waals surface area (Å²) in [6, 6.07) is 0. The maximum absolute atomic E-state index is 14.0. The molecule has 1 N–H and O–H groups in total. The van der Waals surface area contributed by atoms with Crippen molar-refractivity contribution in [1.29, 1.82) is 0 Å². The highest BCUT2D eigenvalue weighted by molar-refractivity contribution is 9.10. The number of H-pyrrole nitrogens is 1. The molecular formula is C10H8BrF4N3. The van der Waals surface area contributed by atoms with Crippen LogP contribution in [0.15, 0.2) is 10.7 Å². The van der Waals surface area contributed by atoms with Crippen LogP contribution in [0.2, 0.25) is 0 Å². The van der Waals surface area contributed by atoms with E-state index in [0.717, 1.165) is 0 Å². The molecule has 0 aliphatic heterocycles. The Morgan fingerprint density at radius 2 is 1.94 bits per heavy atom. The number of anilines is 1. The fourth-order valence-electron chi connectivity index (χ4n) is 1.76. The minimum atomic E-state index is -4.78. The van der Waals surface area contributed by atoms with Crippen LogP contribution in [-0.4, -0.2) is 24.3 Å². The SMILES string of the molecule is CN(C)c1c(F)c(C(F)(F)F)c(Br)c2cn[nH]c12. The Morgan fingerprint density at radius 3 is 2.44 bits per heavy atom. The monoisotopic (exact) mass is 325 g/mol. The van der Waals surface area contributed by atoms with Gasteiger partial charge in [0.2, 0.25) is 0 Å². The normalized spacial score (nSPS) is 12.2. The number of nitrogens with zero attached hydrogens (tertiary/aromatic N) is 2. The second kappa shape index (κ2) is 4.11. The summed E-state index contributed by atoms with van der Waals surface area (Å²) < 4.78 is 52.3. The summed E-state index contributed by atoms with van der Waals surface area (Å²) in [5.74, 6) is -1.32. The zero-order chi connectivity index (χ0) is 13.7. The average molecular weight is 326 g/mol. The zero-order valence-electron chi connectivity index (χ0n) is 9.36. The van der Waals surface area contributed by atoms with Gasteiger partial charge in [-0.3, -0.25) is 5.10 Å². The van der Waals surface area contributed by atoms with E-state index in [4.69, 9.17) is 0 Å². The topological polar surface area (TPSA) is 31.9 Å². The molecule has 0 saturated carbocycles. The molecule has 0 spiro atoms. The van der Waals surface area contributed by atoms with Crippen LogP contribution in [0.5, 0.6) is 0 Å². The molecule has 0 radical (unpaired) electrons. The summed E-state index contributed by atoms with van der Waals surface area (Å²) in [6.45, 7) is 0. The average Bonchev–Trinajstić information content (AvgIpc) is 2.63. The fourth-order valence-corrected chi connectivity index (χ4v) is 2.46. The molecule has 0 bridgehead atoms. The molecule has 0 unspecified atom stereocenters. The van der Waals surface area contributed by atoms with Gasteiger partial charge in [-0.25, -0.2) is 4.39 Å². The van der Waals surface area contributed by atoms with E-state index >= 15 is 0 Å². The maximum atomic E-state index is 14.0. The third-order valence-corrected chi connectivity index (χ3v) is 3.31. The third-order valence-electron chi connectivity index (χ3n) is 2.49. The van der Waals surface area contributed by atoms with Gasteiger partial charge in [-0.1, -0.05) is 0 Å². The summed E-state index contributed by atoms with van der Waals surface area (Å²) in [7, 11) is 2.93. The van der Waals surface area contributed by atoms with Gasteiger partial charge in [0.05, 0.1) is 17.4 Å². The number of aromatic amines is 1.